The molecule has 0 amide bonds. The first kappa shape index (κ1) is 11.6. The number of aryl methyl sites for hydroxylation is 1. The van der Waals surface area contributed by atoms with Crippen LogP contribution in [0.1, 0.15) is 5.56 Å². The fourth-order valence-electron chi connectivity index (χ4n) is 1.44. The minimum atomic E-state index is -1.83. The lowest BCUT2D eigenvalue weighted by atomic mass is 10.1. The standard InChI is InChI=1S/C12H7F4N/c1-6-2-3-17-9(4-6)7-5-8(13)11(15)12(16)10(7)14/h2-5H,1H3. The van der Waals surface area contributed by atoms with Gasteiger partial charge in [0.1, 0.15) is 0 Å². The molecule has 2 rings (SSSR count). The summed E-state index contributed by atoms with van der Waals surface area (Å²) in [7, 11) is 0. The summed E-state index contributed by atoms with van der Waals surface area (Å²) >= 11 is 0. The Balaban J connectivity index is 2.68. The summed E-state index contributed by atoms with van der Waals surface area (Å²) in [5.74, 6) is -6.54. The van der Waals surface area contributed by atoms with Gasteiger partial charge in [-0.15, -0.1) is 0 Å². The van der Waals surface area contributed by atoms with Crippen molar-refractivity contribution in [3.63, 3.8) is 0 Å². The molecular formula is C12H7F4N. The topological polar surface area (TPSA) is 12.9 Å². The number of rotatable bonds is 1. The van der Waals surface area contributed by atoms with Gasteiger partial charge >= 0.3 is 0 Å². The van der Waals surface area contributed by atoms with Crippen LogP contribution in [0.3, 0.4) is 0 Å². The molecular weight excluding hydrogens is 234 g/mol. The van der Waals surface area contributed by atoms with Crippen molar-refractivity contribution in [1.82, 2.24) is 4.98 Å². The van der Waals surface area contributed by atoms with Gasteiger partial charge in [0.15, 0.2) is 23.3 Å². The summed E-state index contributed by atoms with van der Waals surface area (Å²) in [6.45, 7) is 1.72. The van der Waals surface area contributed by atoms with E-state index in [1.54, 1.807) is 13.0 Å². The Labute approximate surface area is 94.7 Å². The molecule has 0 saturated heterocycles. The third-order valence-electron chi connectivity index (χ3n) is 2.29. The molecule has 17 heavy (non-hydrogen) atoms. The third kappa shape index (κ3) is 2.00. The zero-order valence-corrected chi connectivity index (χ0v) is 8.77. The molecule has 0 spiro atoms. The summed E-state index contributed by atoms with van der Waals surface area (Å²) in [5, 5.41) is 0. The maximum atomic E-state index is 13.4. The fraction of sp³-hybridized carbons (Fsp3) is 0.0833. The normalized spacial score (nSPS) is 10.6. The highest BCUT2D eigenvalue weighted by Gasteiger charge is 2.20. The molecule has 1 aromatic heterocycles. The lowest BCUT2D eigenvalue weighted by molar-refractivity contribution is 0.410. The number of halogens is 4. The Morgan fingerprint density at radius 1 is 0.941 bits per heavy atom. The quantitative estimate of drug-likeness (QED) is 0.422. The Bertz CT molecular complexity index is 581. The Morgan fingerprint density at radius 3 is 2.29 bits per heavy atom. The van der Waals surface area contributed by atoms with Crippen LogP contribution in [-0.4, -0.2) is 4.98 Å². The second-order valence-corrected chi connectivity index (χ2v) is 3.57. The SMILES string of the molecule is Cc1ccnc(-c2cc(F)c(F)c(F)c2F)c1. The van der Waals surface area contributed by atoms with E-state index in [2.05, 4.69) is 4.98 Å². The van der Waals surface area contributed by atoms with Gasteiger partial charge in [-0.2, -0.15) is 0 Å². The zero-order chi connectivity index (χ0) is 12.6. The number of pyridine rings is 1. The molecule has 0 atom stereocenters. The maximum Gasteiger partial charge on any atom is 0.198 e. The van der Waals surface area contributed by atoms with E-state index in [1.165, 1.54) is 12.3 Å². The van der Waals surface area contributed by atoms with E-state index < -0.39 is 28.8 Å². The van der Waals surface area contributed by atoms with Crippen LogP contribution < -0.4 is 0 Å². The zero-order valence-electron chi connectivity index (χ0n) is 8.77. The Morgan fingerprint density at radius 2 is 1.65 bits per heavy atom. The van der Waals surface area contributed by atoms with Crippen molar-refractivity contribution in [2.24, 2.45) is 0 Å². The summed E-state index contributed by atoms with van der Waals surface area (Å²) in [4.78, 5) is 3.79. The molecule has 0 fully saturated rings. The number of hydrogen-bond donors (Lipinski definition) is 0. The van der Waals surface area contributed by atoms with E-state index >= 15 is 0 Å². The average molecular weight is 241 g/mol. The van der Waals surface area contributed by atoms with Crippen molar-refractivity contribution >= 4 is 0 Å². The molecule has 1 aromatic carbocycles. The highest BCUT2D eigenvalue weighted by atomic mass is 19.2. The van der Waals surface area contributed by atoms with Gasteiger partial charge in [-0.3, -0.25) is 4.98 Å². The van der Waals surface area contributed by atoms with E-state index in [4.69, 9.17) is 0 Å². The van der Waals surface area contributed by atoms with E-state index in [0.29, 0.717) is 6.07 Å². The largest absolute Gasteiger partial charge is 0.256 e. The van der Waals surface area contributed by atoms with Crippen LogP contribution in [0.25, 0.3) is 11.3 Å². The molecule has 0 bridgehead atoms. The number of nitrogens with zero attached hydrogens (tertiary/aromatic N) is 1. The second-order valence-electron chi connectivity index (χ2n) is 3.57. The lowest BCUT2D eigenvalue weighted by Crippen LogP contribution is -1.99. The predicted octanol–water partition coefficient (Wildman–Crippen LogP) is 3.61. The molecule has 0 aliphatic rings. The van der Waals surface area contributed by atoms with Gasteiger partial charge in [0.2, 0.25) is 0 Å². The number of aromatic nitrogens is 1. The van der Waals surface area contributed by atoms with Crippen molar-refractivity contribution in [2.75, 3.05) is 0 Å². The van der Waals surface area contributed by atoms with Gasteiger partial charge in [-0.25, -0.2) is 17.6 Å². The van der Waals surface area contributed by atoms with Crippen LogP contribution in [0, 0.1) is 30.2 Å². The Kier molecular flexibility index (Phi) is 2.83. The minimum absolute atomic E-state index is 0.0558. The summed E-state index contributed by atoms with van der Waals surface area (Å²) in [6, 6.07) is 3.70. The van der Waals surface area contributed by atoms with Crippen LogP contribution in [0.15, 0.2) is 24.4 Å². The van der Waals surface area contributed by atoms with E-state index in [-0.39, 0.29) is 5.69 Å². The number of hydrogen-bond acceptors (Lipinski definition) is 1. The average Bonchev–Trinajstić information content (AvgIpc) is 2.31. The molecule has 0 aliphatic heterocycles. The Hall–Kier alpha value is -1.91. The lowest BCUT2D eigenvalue weighted by Gasteiger charge is -2.05. The van der Waals surface area contributed by atoms with Crippen LogP contribution in [0.5, 0.6) is 0 Å². The molecule has 1 heterocycles. The van der Waals surface area contributed by atoms with Crippen LogP contribution >= 0.6 is 0 Å². The molecule has 88 valence electrons. The summed E-state index contributed by atoms with van der Waals surface area (Å²) < 4.78 is 52.2. The fourth-order valence-corrected chi connectivity index (χ4v) is 1.44. The van der Waals surface area contributed by atoms with Gasteiger partial charge in [0.05, 0.1) is 5.69 Å². The molecule has 0 unspecified atom stereocenters. The first-order valence-corrected chi connectivity index (χ1v) is 4.76. The minimum Gasteiger partial charge on any atom is -0.256 e. The van der Waals surface area contributed by atoms with Gasteiger partial charge in [0.25, 0.3) is 0 Å². The molecule has 5 heteroatoms. The molecule has 2 aromatic rings. The maximum absolute atomic E-state index is 13.4. The van der Waals surface area contributed by atoms with Crippen LogP contribution in [-0.2, 0) is 0 Å². The number of benzene rings is 1. The van der Waals surface area contributed by atoms with Crippen molar-refractivity contribution in [2.45, 2.75) is 6.92 Å². The molecule has 0 N–H and O–H groups in total. The first-order valence-electron chi connectivity index (χ1n) is 4.76. The van der Waals surface area contributed by atoms with Crippen LogP contribution in [0.4, 0.5) is 17.6 Å². The van der Waals surface area contributed by atoms with Crippen molar-refractivity contribution in [3.8, 4) is 11.3 Å². The van der Waals surface area contributed by atoms with E-state index in [0.717, 1.165) is 5.56 Å². The highest BCUT2D eigenvalue weighted by Crippen LogP contribution is 2.26. The molecule has 0 aliphatic carbocycles. The second kappa shape index (κ2) is 4.16. The van der Waals surface area contributed by atoms with Crippen molar-refractivity contribution in [3.05, 3.63) is 53.2 Å². The van der Waals surface area contributed by atoms with Gasteiger partial charge in [-0.05, 0) is 30.7 Å². The molecule has 1 nitrogen and oxygen atoms in total. The molecule has 0 radical (unpaired) electrons. The van der Waals surface area contributed by atoms with Crippen molar-refractivity contribution in [1.29, 1.82) is 0 Å². The van der Waals surface area contributed by atoms with E-state index in [9.17, 15) is 17.6 Å². The first-order chi connectivity index (χ1) is 8.00. The summed E-state index contributed by atoms with van der Waals surface area (Å²) in [6.07, 6.45) is 1.38. The highest BCUT2D eigenvalue weighted by molar-refractivity contribution is 5.60. The van der Waals surface area contributed by atoms with Gasteiger partial charge in [-0.1, -0.05) is 0 Å². The monoisotopic (exact) mass is 241 g/mol. The van der Waals surface area contributed by atoms with Gasteiger partial charge < -0.3 is 0 Å². The predicted molar refractivity (Wildman–Crippen MR) is 54.2 cm³/mol. The van der Waals surface area contributed by atoms with Gasteiger partial charge in [0, 0.05) is 11.8 Å². The van der Waals surface area contributed by atoms with E-state index in [1.807, 2.05) is 0 Å². The molecule has 0 saturated carbocycles. The summed E-state index contributed by atoms with van der Waals surface area (Å²) in [5.41, 5.74) is 0.407. The third-order valence-corrected chi connectivity index (χ3v) is 2.29. The smallest absolute Gasteiger partial charge is 0.198 e. The van der Waals surface area contributed by atoms with Crippen LogP contribution in [0.2, 0.25) is 0 Å². The van der Waals surface area contributed by atoms with Crippen molar-refractivity contribution < 1.29 is 17.6 Å².